The van der Waals surface area contributed by atoms with Gasteiger partial charge in [-0.25, -0.2) is 9.78 Å². The van der Waals surface area contributed by atoms with Gasteiger partial charge in [0, 0.05) is 16.0 Å². The number of carbonyl (C=O) groups is 1. The first kappa shape index (κ1) is 25.7. The summed E-state index contributed by atoms with van der Waals surface area (Å²) >= 11 is 9.74. The zero-order valence-electron chi connectivity index (χ0n) is 20.4. The highest BCUT2D eigenvalue weighted by atomic mass is 79.9. The number of nitrogens with zero attached hydrogens (tertiary/aromatic N) is 3. The number of fused-ring (bicyclic) bond motifs is 2. The molecule has 0 bridgehead atoms. The highest BCUT2D eigenvalue weighted by Crippen LogP contribution is 2.33. The fraction of sp³-hybridized carbons (Fsp3) is 0.143. The molecule has 1 atom stereocenters. The normalized spacial score (nSPS) is 12.3. The summed E-state index contributed by atoms with van der Waals surface area (Å²) in [6.07, 6.45) is 0.532. The van der Waals surface area contributed by atoms with Crippen LogP contribution in [0, 0.1) is 0 Å². The van der Waals surface area contributed by atoms with E-state index in [-0.39, 0.29) is 18.0 Å². The van der Waals surface area contributed by atoms with Crippen molar-refractivity contribution in [2.75, 3.05) is 6.61 Å². The molecule has 8 nitrogen and oxygen atoms in total. The Balaban J connectivity index is 1.65. The van der Waals surface area contributed by atoms with Crippen LogP contribution in [-0.4, -0.2) is 34.6 Å². The minimum atomic E-state index is -0.893. The number of para-hydroxylation sites is 2. The molecule has 0 fully saturated rings. The van der Waals surface area contributed by atoms with Crippen LogP contribution < -0.4 is 10.3 Å². The Labute approximate surface area is 230 Å². The van der Waals surface area contributed by atoms with Crippen LogP contribution in [-0.2, 0) is 9.53 Å². The van der Waals surface area contributed by atoms with Crippen molar-refractivity contribution in [3.63, 3.8) is 0 Å². The van der Waals surface area contributed by atoms with E-state index >= 15 is 0 Å². The third-order valence-corrected chi connectivity index (χ3v) is 6.47. The monoisotopic (exact) mass is 593 g/mol. The van der Waals surface area contributed by atoms with Gasteiger partial charge in [0.1, 0.15) is 11.3 Å². The van der Waals surface area contributed by atoms with E-state index in [9.17, 15) is 9.59 Å². The zero-order valence-corrected chi connectivity index (χ0v) is 22.7. The minimum absolute atomic E-state index is 0.226. The summed E-state index contributed by atoms with van der Waals surface area (Å²) in [4.78, 5) is 30.4. The lowest BCUT2D eigenvalue weighted by molar-refractivity contribution is -0.150. The molecule has 5 aromatic rings. The Morgan fingerprint density at radius 1 is 1.18 bits per heavy atom. The summed E-state index contributed by atoms with van der Waals surface area (Å²) in [6.45, 7) is 3.53. The topological polar surface area (TPSA) is 95.9 Å². The zero-order chi connectivity index (χ0) is 26.8. The third kappa shape index (κ3) is 5.07. The Hall–Kier alpha value is -3.95. The lowest BCUT2D eigenvalue weighted by Crippen LogP contribution is -2.26. The summed E-state index contributed by atoms with van der Waals surface area (Å²) < 4.78 is 18.6. The largest absolute Gasteiger partial charge is 0.477 e. The summed E-state index contributed by atoms with van der Waals surface area (Å²) in [5, 5.41) is 6.14. The molecule has 38 heavy (non-hydrogen) atoms. The van der Waals surface area contributed by atoms with Crippen LogP contribution in [0.4, 0.5) is 0 Å². The van der Waals surface area contributed by atoms with E-state index in [2.05, 4.69) is 21.0 Å². The van der Waals surface area contributed by atoms with Crippen LogP contribution in [0.2, 0.25) is 5.02 Å². The maximum Gasteiger partial charge on any atom is 0.347 e. The predicted octanol–water partition coefficient (Wildman–Crippen LogP) is 6.44. The van der Waals surface area contributed by atoms with Gasteiger partial charge in [-0.3, -0.25) is 4.79 Å². The number of halogens is 2. The quantitative estimate of drug-likeness (QED) is 0.159. The van der Waals surface area contributed by atoms with Crippen molar-refractivity contribution >= 4 is 61.6 Å². The van der Waals surface area contributed by atoms with Gasteiger partial charge in [0.05, 0.1) is 28.2 Å². The predicted molar refractivity (Wildman–Crippen MR) is 150 cm³/mol. The van der Waals surface area contributed by atoms with Crippen molar-refractivity contribution in [1.82, 2.24) is 9.66 Å². The number of aromatic nitrogens is 2. The lowest BCUT2D eigenvalue weighted by atomic mass is 10.2. The first-order valence-electron chi connectivity index (χ1n) is 11.7. The van der Waals surface area contributed by atoms with Gasteiger partial charge in [-0.2, -0.15) is 9.78 Å². The number of ether oxygens (including phenoxy) is 2. The molecular weight excluding hydrogens is 574 g/mol. The Bertz CT molecular complexity index is 1730. The molecular formula is C28H21BrClN3O5. The third-order valence-electron chi connectivity index (χ3n) is 5.66. The highest BCUT2D eigenvalue weighted by molar-refractivity contribution is 9.10. The Morgan fingerprint density at radius 3 is 2.74 bits per heavy atom. The molecule has 2 heterocycles. The van der Waals surface area contributed by atoms with E-state index in [0.29, 0.717) is 43.1 Å². The van der Waals surface area contributed by atoms with Crippen LogP contribution >= 0.6 is 27.5 Å². The standard InChI is InChI=1S/C28H21BrClN3O5/c1-3-36-28(35)16(2)37-25-18(12-19(30)14-21(25)29)15-31-33-26(24-13-17-8-4-7-11-23(17)38-24)32-22-10-6-5-9-20(22)27(33)34/h4-16H,3H2,1-2H3/t16-/m1/s1. The molecule has 0 aliphatic carbocycles. The number of benzene rings is 3. The van der Waals surface area contributed by atoms with Crippen LogP contribution in [0.1, 0.15) is 19.4 Å². The second-order valence-electron chi connectivity index (χ2n) is 8.28. The van der Waals surface area contributed by atoms with Crippen molar-refractivity contribution in [2.45, 2.75) is 20.0 Å². The van der Waals surface area contributed by atoms with Gasteiger partial charge in [0.25, 0.3) is 5.56 Å². The number of hydrogen-bond acceptors (Lipinski definition) is 7. The van der Waals surface area contributed by atoms with E-state index < -0.39 is 12.1 Å². The summed E-state index contributed by atoms with van der Waals surface area (Å²) in [7, 11) is 0. The van der Waals surface area contributed by atoms with Gasteiger partial charge in [-0.15, -0.1) is 0 Å². The number of carbonyl (C=O) groups excluding carboxylic acids is 1. The van der Waals surface area contributed by atoms with Gasteiger partial charge < -0.3 is 13.9 Å². The number of furan rings is 1. The molecule has 0 aliphatic heterocycles. The molecule has 3 aromatic carbocycles. The lowest BCUT2D eigenvalue weighted by Gasteiger charge is -2.17. The first-order chi connectivity index (χ1) is 18.4. The second-order valence-corrected chi connectivity index (χ2v) is 9.57. The summed E-state index contributed by atoms with van der Waals surface area (Å²) in [5.41, 5.74) is 1.21. The van der Waals surface area contributed by atoms with Crippen LogP contribution in [0.5, 0.6) is 5.75 Å². The molecule has 0 amide bonds. The van der Waals surface area contributed by atoms with Crippen molar-refractivity contribution in [2.24, 2.45) is 5.10 Å². The molecule has 2 aromatic heterocycles. The minimum Gasteiger partial charge on any atom is -0.477 e. The Morgan fingerprint density at radius 2 is 1.95 bits per heavy atom. The molecule has 0 aliphatic rings. The molecule has 192 valence electrons. The fourth-order valence-electron chi connectivity index (χ4n) is 3.89. The van der Waals surface area contributed by atoms with Gasteiger partial charge in [0.15, 0.2) is 11.9 Å². The second kappa shape index (κ2) is 10.8. The highest BCUT2D eigenvalue weighted by Gasteiger charge is 2.20. The number of rotatable bonds is 7. The van der Waals surface area contributed by atoms with E-state index in [1.165, 1.54) is 10.9 Å². The van der Waals surface area contributed by atoms with E-state index in [1.54, 1.807) is 44.2 Å². The summed E-state index contributed by atoms with van der Waals surface area (Å²) in [5.74, 6) is 0.403. The average molecular weight is 595 g/mol. The Kier molecular flexibility index (Phi) is 7.31. The molecule has 0 spiro atoms. The molecule has 0 N–H and O–H groups in total. The van der Waals surface area contributed by atoms with Crippen LogP contribution in [0.15, 0.2) is 85.5 Å². The van der Waals surface area contributed by atoms with Crippen molar-refractivity contribution in [3.05, 3.63) is 92.1 Å². The van der Waals surface area contributed by atoms with E-state index in [4.69, 9.17) is 30.5 Å². The maximum atomic E-state index is 13.6. The SMILES string of the molecule is CCOC(=O)[C@@H](C)Oc1c(Br)cc(Cl)cc1C=Nn1c(-c2cc3ccccc3o2)nc2ccccc2c1=O. The number of esters is 1. The molecule has 0 saturated carbocycles. The van der Waals surface area contributed by atoms with Crippen molar-refractivity contribution in [3.8, 4) is 17.3 Å². The summed E-state index contributed by atoms with van der Waals surface area (Å²) in [6, 6.07) is 19.6. The van der Waals surface area contributed by atoms with E-state index in [0.717, 1.165) is 5.39 Å². The molecule has 0 radical (unpaired) electrons. The van der Waals surface area contributed by atoms with Crippen molar-refractivity contribution < 1.29 is 18.7 Å². The van der Waals surface area contributed by atoms with Crippen molar-refractivity contribution in [1.29, 1.82) is 0 Å². The van der Waals surface area contributed by atoms with E-state index in [1.807, 2.05) is 36.4 Å². The van der Waals surface area contributed by atoms with Gasteiger partial charge >= 0.3 is 5.97 Å². The van der Waals surface area contributed by atoms with Gasteiger partial charge in [0.2, 0.25) is 5.82 Å². The van der Waals surface area contributed by atoms with Gasteiger partial charge in [-0.05, 0) is 66.2 Å². The maximum absolute atomic E-state index is 13.6. The smallest absolute Gasteiger partial charge is 0.347 e. The van der Waals surface area contributed by atoms with Gasteiger partial charge in [-0.1, -0.05) is 41.9 Å². The molecule has 0 unspecified atom stereocenters. The fourth-order valence-corrected chi connectivity index (χ4v) is 4.81. The van der Waals surface area contributed by atoms with Crippen LogP contribution in [0.25, 0.3) is 33.5 Å². The molecule has 0 saturated heterocycles. The molecule has 5 rings (SSSR count). The first-order valence-corrected chi connectivity index (χ1v) is 12.9. The molecule has 10 heteroatoms. The number of hydrogen-bond donors (Lipinski definition) is 0. The average Bonchev–Trinajstić information content (AvgIpc) is 3.34. The van der Waals surface area contributed by atoms with Crippen LogP contribution in [0.3, 0.4) is 0 Å².